The summed E-state index contributed by atoms with van der Waals surface area (Å²) >= 11 is 0. The largest absolute Gasteiger partial charge is 0.489 e. The molecule has 0 spiro atoms. The van der Waals surface area contributed by atoms with Crippen molar-refractivity contribution in [2.24, 2.45) is 0 Å². The van der Waals surface area contributed by atoms with Gasteiger partial charge in [0.25, 0.3) is 0 Å². The first-order chi connectivity index (χ1) is 8.72. The Morgan fingerprint density at radius 3 is 2.67 bits per heavy atom. The number of aromatic nitrogens is 1. The highest BCUT2D eigenvalue weighted by Gasteiger charge is 2.21. The number of rotatable bonds is 3. The summed E-state index contributed by atoms with van der Waals surface area (Å²) in [6.45, 7) is 1.89. The van der Waals surface area contributed by atoms with E-state index in [-0.39, 0.29) is 6.10 Å². The van der Waals surface area contributed by atoms with Crippen LogP contribution in [0.25, 0.3) is 0 Å². The molecule has 18 heavy (non-hydrogen) atoms. The molecule has 1 saturated carbocycles. The maximum absolute atomic E-state index is 8.83. The van der Waals surface area contributed by atoms with Crippen molar-refractivity contribution in [3.63, 3.8) is 0 Å². The first kappa shape index (κ1) is 12.8. The van der Waals surface area contributed by atoms with Crippen molar-refractivity contribution < 1.29 is 4.74 Å². The molecule has 1 fully saturated rings. The second-order valence-corrected chi connectivity index (χ2v) is 4.83. The highest BCUT2D eigenvalue weighted by molar-refractivity contribution is 5.35. The third kappa shape index (κ3) is 2.99. The summed E-state index contributed by atoms with van der Waals surface area (Å²) in [4.78, 5) is 4.09. The van der Waals surface area contributed by atoms with Crippen LogP contribution in [0.4, 0.5) is 0 Å². The van der Waals surface area contributed by atoms with Crippen LogP contribution in [0.15, 0.2) is 12.3 Å². The molecule has 0 saturated heterocycles. The average Bonchev–Trinajstić information content (AvgIpc) is 2.40. The Morgan fingerprint density at radius 2 is 2.11 bits per heavy atom. The summed E-state index contributed by atoms with van der Waals surface area (Å²) in [5.74, 6) is 0.777. The van der Waals surface area contributed by atoms with Crippen LogP contribution >= 0.6 is 0 Å². The number of aryl methyl sites for hydroxylation is 1. The van der Waals surface area contributed by atoms with E-state index < -0.39 is 0 Å². The summed E-state index contributed by atoms with van der Waals surface area (Å²) in [6.07, 6.45) is 6.39. The number of hydrogen-bond donors (Lipinski definition) is 1. The molecule has 1 N–H and O–H groups in total. The molecule has 0 aliphatic heterocycles. The summed E-state index contributed by atoms with van der Waals surface area (Å²) < 4.78 is 5.93. The Bertz CT molecular complexity index is 445. The summed E-state index contributed by atoms with van der Waals surface area (Å²) in [6, 6.07) is 4.59. The van der Waals surface area contributed by atoms with Gasteiger partial charge in [-0.05, 0) is 51.3 Å². The van der Waals surface area contributed by atoms with Crippen LogP contribution in [0.3, 0.4) is 0 Å². The van der Waals surface area contributed by atoms with Crippen molar-refractivity contribution in [1.29, 1.82) is 5.26 Å². The zero-order chi connectivity index (χ0) is 13.0. The lowest BCUT2D eigenvalue weighted by Gasteiger charge is -2.28. The molecule has 1 aromatic rings. The number of nitrogens with one attached hydrogen (secondary N) is 1. The smallest absolute Gasteiger partial charge is 0.143 e. The van der Waals surface area contributed by atoms with Gasteiger partial charge in [0, 0.05) is 6.04 Å². The number of pyridine rings is 1. The number of nitriles is 1. The molecular formula is C14H19N3O. The molecule has 0 atom stereocenters. The van der Waals surface area contributed by atoms with Gasteiger partial charge in [-0.3, -0.25) is 0 Å². The lowest BCUT2D eigenvalue weighted by atomic mass is 9.93. The van der Waals surface area contributed by atoms with Crippen molar-refractivity contribution in [3.05, 3.63) is 23.5 Å². The molecule has 2 rings (SSSR count). The SMILES string of the molecule is CNC1CCC(Oc2cnc(C#N)c(C)c2)CC1. The molecule has 0 bridgehead atoms. The number of hydrogen-bond acceptors (Lipinski definition) is 4. The van der Waals surface area contributed by atoms with Gasteiger partial charge in [0.1, 0.15) is 17.5 Å². The quantitative estimate of drug-likeness (QED) is 0.886. The van der Waals surface area contributed by atoms with Gasteiger partial charge in [-0.2, -0.15) is 5.26 Å². The third-order valence-electron chi connectivity index (χ3n) is 3.54. The Morgan fingerprint density at radius 1 is 1.39 bits per heavy atom. The van der Waals surface area contributed by atoms with Gasteiger partial charge in [-0.15, -0.1) is 0 Å². The Labute approximate surface area is 108 Å². The van der Waals surface area contributed by atoms with Crippen LogP contribution in [0.2, 0.25) is 0 Å². The molecular weight excluding hydrogens is 226 g/mol. The fourth-order valence-electron chi connectivity index (χ4n) is 2.39. The minimum atomic E-state index is 0.281. The van der Waals surface area contributed by atoms with Gasteiger partial charge in [-0.25, -0.2) is 4.98 Å². The second kappa shape index (κ2) is 5.83. The number of ether oxygens (including phenoxy) is 1. The zero-order valence-electron chi connectivity index (χ0n) is 10.9. The van der Waals surface area contributed by atoms with Gasteiger partial charge in [-0.1, -0.05) is 0 Å². The van der Waals surface area contributed by atoms with Gasteiger partial charge < -0.3 is 10.1 Å². The highest BCUT2D eigenvalue weighted by atomic mass is 16.5. The molecule has 96 valence electrons. The zero-order valence-corrected chi connectivity index (χ0v) is 10.9. The van der Waals surface area contributed by atoms with E-state index in [0.717, 1.165) is 37.0 Å². The van der Waals surface area contributed by atoms with Crippen molar-refractivity contribution in [3.8, 4) is 11.8 Å². The highest BCUT2D eigenvalue weighted by Crippen LogP contribution is 2.24. The van der Waals surface area contributed by atoms with Crippen LogP contribution in [-0.4, -0.2) is 24.2 Å². The van der Waals surface area contributed by atoms with Crippen molar-refractivity contribution in [1.82, 2.24) is 10.3 Å². The molecule has 1 aromatic heterocycles. The summed E-state index contributed by atoms with van der Waals surface area (Å²) in [5, 5.41) is 12.1. The van der Waals surface area contributed by atoms with E-state index in [1.54, 1.807) is 6.20 Å². The topological polar surface area (TPSA) is 57.9 Å². The Hall–Kier alpha value is -1.60. The van der Waals surface area contributed by atoms with Crippen LogP contribution in [0.5, 0.6) is 5.75 Å². The van der Waals surface area contributed by atoms with Crippen LogP contribution in [-0.2, 0) is 0 Å². The molecule has 1 aliphatic carbocycles. The molecule has 4 heteroatoms. The minimum Gasteiger partial charge on any atom is -0.489 e. The first-order valence-electron chi connectivity index (χ1n) is 6.43. The monoisotopic (exact) mass is 245 g/mol. The van der Waals surface area contributed by atoms with E-state index in [2.05, 4.69) is 16.4 Å². The molecule has 0 amide bonds. The predicted octanol–water partition coefficient (Wildman–Crippen LogP) is 2.17. The van der Waals surface area contributed by atoms with Crippen molar-refractivity contribution in [2.75, 3.05) is 7.05 Å². The summed E-state index contributed by atoms with van der Waals surface area (Å²) in [5.41, 5.74) is 1.35. The van der Waals surface area contributed by atoms with Crippen LogP contribution in [0.1, 0.15) is 36.9 Å². The standard InChI is InChI=1S/C14H19N3O/c1-10-7-13(9-17-14(10)8-15)18-12-5-3-11(16-2)4-6-12/h7,9,11-12,16H,3-6H2,1-2H3. The van der Waals surface area contributed by atoms with E-state index in [1.165, 1.54) is 0 Å². The number of nitrogens with zero attached hydrogens (tertiary/aromatic N) is 2. The fraction of sp³-hybridized carbons (Fsp3) is 0.571. The molecule has 1 heterocycles. The third-order valence-corrected chi connectivity index (χ3v) is 3.54. The van der Waals surface area contributed by atoms with Crippen LogP contribution < -0.4 is 10.1 Å². The lowest BCUT2D eigenvalue weighted by Crippen LogP contribution is -2.34. The molecule has 0 radical (unpaired) electrons. The molecule has 0 unspecified atom stereocenters. The van der Waals surface area contributed by atoms with Crippen molar-refractivity contribution in [2.45, 2.75) is 44.8 Å². The maximum atomic E-state index is 8.83. The maximum Gasteiger partial charge on any atom is 0.143 e. The molecule has 1 aliphatic rings. The first-order valence-corrected chi connectivity index (χ1v) is 6.43. The van der Waals surface area contributed by atoms with E-state index in [9.17, 15) is 0 Å². The van der Waals surface area contributed by atoms with E-state index in [0.29, 0.717) is 11.7 Å². The van der Waals surface area contributed by atoms with Gasteiger partial charge >= 0.3 is 0 Å². The molecule has 0 aromatic carbocycles. The minimum absolute atomic E-state index is 0.281. The van der Waals surface area contributed by atoms with Crippen LogP contribution in [0, 0.1) is 18.3 Å². The Balaban J connectivity index is 1.94. The summed E-state index contributed by atoms with van der Waals surface area (Å²) in [7, 11) is 2.01. The molecule has 4 nitrogen and oxygen atoms in total. The van der Waals surface area contributed by atoms with Crippen molar-refractivity contribution >= 4 is 0 Å². The van der Waals surface area contributed by atoms with E-state index in [1.807, 2.05) is 20.0 Å². The predicted molar refractivity (Wildman–Crippen MR) is 69.4 cm³/mol. The van der Waals surface area contributed by atoms with Gasteiger partial charge in [0.05, 0.1) is 12.3 Å². The van der Waals surface area contributed by atoms with Gasteiger partial charge in [0.15, 0.2) is 0 Å². The Kier molecular flexibility index (Phi) is 4.16. The average molecular weight is 245 g/mol. The van der Waals surface area contributed by atoms with Gasteiger partial charge in [0.2, 0.25) is 0 Å². The fourth-order valence-corrected chi connectivity index (χ4v) is 2.39. The normalized spacial score (nSPS) is 23.4. The second-order valence-electron chi connectivity index (χ2n) is 4.83. The van der Waals surface area contributed by atoms with E-state index >= 15 is 0 Å². The van der Waals surface area contributed by atoms with E-state index in [4.69, 9.17) is 10.00 Å². The lowest BCUT2D eigenvalue weighted by molar-refractivity contribution is 0.141.